The van der Waals surface area contributed by atoms with Crippen LogP contribution in [0.4, 0.5) is 0 Å². The van der Waals surface area contributed by atoms with Gasteiger partial charge in [-0.2, -0.15) is 0 Å². The lowest BCUT2D eigenvalue weighted by Crippen LogP contribution is -2.14. The maximum atomic E-state index is 11.8. The number of hydrogen-bond donors (Lipinski definition) is 1. The third-order valence-electron chi connectivity index (χ3n) is 2.65. The van der Waals surface area contributed by atoms with E-state index in [0.29, 0.717) is 5.92 Å². The Kier molecular flexibility index (Phi) is 5.98. The number of hydrogen-bond acceptors (Lipinski definition) is 4. The molecule has 0 radical (unpaired) electrons. The molecule has 7 heteroatoms. The van der Waals surface area contributed by atoms with E-state index in [1.165, 1.54) is 12.1 Å². The smallest absolute Gasteiger partial charge is 0.339 e. The molecule has 0 amide bonds. The predicted octanol–water partition coefficient (Wildman–Crippen LogP) is 2.58. The van der Waals surface area contributed by atoms with E-state index in [1.807, 2.05) is 0 Å². The number of esters is 1. The van der Waals surface area contributed by atoms with Gasteiger partial charge < -0.3 is 4.74 Å². The highest BCUT2D eigenvalue weighted by molar-refractivity contribution is 7.89. The van der Waals surface area contributed by atoms with Crippen LogP contribution in [-0.2, 0) is 14.8 Å². The van der Waals surface area contributed by atoms with E-state index >= 15 is 0 Å². The standard InChI is InChI=1S/C13H18ClNO4S/c1-9(2)4-3-7-19-13(16)11-8-10(20(15,17)18)5-6-12(11)14/h5-6,8-9H,3-4,7H2,1-2H3,(H2,15,17,18). The summed E-state index contributed by atoms with van der Waals surface area (Å²) in [5, 5.41) is 5.14. The minimum Gasteiger partial charge on any atom is -0.462 e. The van der Waals surface area contributed by atoms with Crippen molar-refractivity contribution in [2.24, 2.45) is 11.1 Å². The van der Waals surface area contributed by atoms with Crippen LogP contribution in [0.2, 0.25) is 5.02 Å². The Labute approximate surface area is 124 Å². The summed E-state index contributed by atoms with van der Waals surface area (Å²) >= 11 is 5.87. The number of ether oxygens (including phenoxy) is 1. The van der Waals surface area contributed by atoms with Crippen molar-refractivity contribution in [3.8, 4) is 0 Å². The Morgan fingerprint density at radius 2 is 2.05 bits per heavy atom. The van der Waals surface area contributed by atoms with E-state index in [0.717, 1.165) is 18.9 Å². The molecule has 0 aliphatic heterocycles. The lowest BCUT2D eigenvalue weighted by atomic mass is 10.1. The zero-order chi connectivity index (χ0) is 15.3. The second kappa shape index (κ2) is 7.06. The lowest BCUT2D eigenvalue weighted by Gasteiger charge is -2.08. The number of carbonyl (C=O) groups excluding carboxylic acids is 1. The van der Waals surface area contributed by atoms with Gasteiger partial charge in [-0.1, -0.05) is 25.4 Å². The van der Waals surface area contributed by atoms with Crippen LogP contribution in [0, 0.1) is 5.92 Å². The zero-order valence-electron chi connectivity index (χ0n) is 11.4. The molecule has 0 heterocycles. The Balaban J connectivity index is 2.77. The molecule has 1 rings (SSSR count). The Morgan fingerprint density at radius 3 is 2.60 bits per heavy atom. The lowest BCUT2D eigenvalue weighted by molar-refractivity contribution is 0.0494. The SMILES string of the molecule is CC(C)CCCOC(=O)c1cc(S(N)(=O)=O)ccc1Cl. The van der Waals surface area contributed by atoms with E-state index < -0.39 is 16.0 Å². The maximum Gasteiger partial charge on any atom is 0.339 e. The predicted molar refractivity (Wildman–Crippen MR) is 77.2 cm³/mol. The van der Waals surface area contributed by atoms with Gasteiger partial charge in [0.05, 0.1) is 22.1 Å². The molecule has 2 N–H and O–H groups in total. The molecule has 0 atom stereocenters. The Bertz CT molecular complexity index is 584. The fraction of sp³-hybridized carbons (Fsp3) is 0.462. The van der Waals surface area contributed by atoms with Gasteiger partial charge in [0.15, 0.2) is 0 Å². The van der Waals surface area contributed by atoms with Crippen molar-refractivity contribution >= 4 is 27.6 Å². The van der Waals surface area contributed by atoms with E-state index in [4.69, 9.17) is 21.5 Å². The molecule has 20 heavy (non-hydrogen) atoms. The molecule has 1 aromatic carbocycles. The minimum atomic E-state index is -3.88. The Morgan fingerprint density at radius 1 is 1.40 bits per heavy atom. The minimum absolute atomic E-state index is 0.00254. The summed E-state index contributed by atoms with van der Waals surface area (Å²) in [6, 6.07) is 3.68. The molecule has 0 aromatic heterocycles. The van der Waals surface area contributed by atoms with Gasteiger partial charge in [-0.3, -0.25) is 0 Å². The highest BCUT2D eigenvalue weighted by atomic mass is 35.5. The monoisotopic (exact) mass is 319 g/mol. The van der Waals surface area contributed by atoms with Gasteiger partial charge in [-0.15, -0.1) is 0 Å². The summed E-state index contributed by atoms with van der Waals surface area (Å²) in [5.41, 5.74) is 0.00254. The molecule has 0 aliphatic rings. The van der Waals surface area contributed by atoms with Crippen LogP contribution in [0.15, 0.2) is 23.1 Å². The summed E-state index contributed by atoms with van der Waals surface area (Å²) in [6.07, 6.45) is 1.69. The van der Waals surface area contributed by atoms with Crippen LogP contribution in [0.5, 0.6) is 0 Å². The number of halogens is 1. The van der Waals surface area contributed by atoms with Crippen LogP contribution < -0.4 is 5.14 Å². The summed E-state index contributed by atoms with van der Waals surface area (Å²) in [5.74, 6) is -0.118. The fourth-order valence-electron chi connectivity index (χ4n) is 1.57. The average molecular weight is 320 g/mol. The molecule has 0 spiro atoms. The van der Waals surface area contributed by atoms with Crippen LogP contribution in [0.25, 0.3) is 0 Å². The largest absolute Gasteiger partial charge is 0.462 e. The fourth-order valence-corrected chi connectivity index (χ4v) is 2.31. The van der Waals surface area contributed by atoms with Gasteiger partial charge >= 0.3 is 5.97 Å². The topological polar surface area (TPSA) is 86.5 Å². The highest BCUT2D eigenvalue weighted by Gasteiger charge is 2.16. The molecular formula is C13H18ClNO4S. The summed E-state index contributed by atoms with van der Waals surface area (Å²) < 4.78 is 27.5. The number of carbonyl (C=O) groups is 1. The number of nitrogens with two attached hydrogens (primary N) is 1. The molecule has 0 saturated heterocycles. The van der Waals surface area contributed by atoms with Crippen molar-refractivity contribution in [3.63, 3.8) is 0 Å². The van der Waals surface area contributed by atoms with Gasteiger partial charge in [-0.05, 0) is 37.0 Å². The second-order valence-electron chi connectivity index (χ2n) is 4.86. The number of primary sulfonamides is 1. The molecule has 0 bridgehead atoms. The van der Waals surface area contributed by atoms with Crippen LogP contribution >= 0.6 is 11.6 Å². The normalized spacial score (nSPS) is 11.7. The second-order valence-corrected chi connectivity index (χ2v) is 6.83. The van der Waals surface area contributed by atoms with Crippen molar-refractivity contribution < 1.29 is 17.9 Å². The van der Waals surface area contributed by atoms with Gasteiger partial charge in [0.2, 0.25) is 10.0 Å². The summed E-state index contributed by atoms with van der Waals surface area (Å²) in [6.45, 7) is 4.43. The van der Waals surface area contributed by atoms with Crippen molar-refractivity contribution in [2.45, 2.75) is 31.6 Å². The van der Waals surface area contributed by atoms with Gasteiger partial charge in [-0.25, -0.2) is 18.4 Å². The molecular weight excluding hydrogens is 302 g/mol. The quantitative estimate of drug-likeness (QED) is 0.645. The zero-order valence-corrected chi connectivity index (χ0v) is 13.0. The first-order valence-corrected chi connectivity index (χ1v) is 8.13. The van der Waals surface area contributed by atoms with Crippen molar-refractivity contribution in [2.75, 3.05) is 6.61 Å². The van der Waals surface area contributed by atoms with Crippen LogP contribution in [0.3, 0.4) is 0 Å². The summed E-state index contributed by atoms with van der Waals surface area (Å²) in [7, 11) is -3.88. The van der Waals surface area contributed by atoms with Crippen molar-refractivity contribution in [3.05, 3.63) is 28.8 Å². The van der Waals surface area contributed by atoms with E-state index in [-0.39, 0.29) is 22.1 Å². The number of benzene rings is 1. The van der Waals surface area contributed by atoms with E-state index in [1.54, 1.807) is 0 Å². The third kappa shape index (κ3) is 5.11. The first-order chi connectivity index (χ1) is 9.21. The molecule has 0 saturated carbocycles. The molecule has 0 unspecified atom stereocenters. The third-order valence-corrected chi connectivity index (χ3v) is 3.89. The van der Waals surface area contributed by atoms with Gasteiger partial charge in [0.25, 0.3) is 0 Å². The summed E-state index contributed by atoms with van der Waals surface area (Å²) in [4.78, 5) is 11.7. The highest BCUT2D eigenvalue weighted by Crippen LogP contribution is 2.21. The maximum absolute atomic E-state index is 11.8. The first kappa shape index (κ1) is 16.9. The Hall–Kier alpha value is -1.11. The number of sulfonamides is 1. The van der Waals surface area contributed by atoms with Crippen molar-refractivity contribution in [1.29, 1.82) is 0 Å². The first-order valence-electron chi connectivity index (χ1n) is 6.21. The molecule has 5 nitrogen and oxygen atoms in total. The van der Waals surface area contributed by atoms with Gasteiger partial charge in [0.1, 0.15) is 0 Å². The van der Waals surface area contributed by atoms with Gasteiger partial charge in [0, 0.05) is 0 Å². The molecule has 0 aliphatic carbocycles. The van der Waals surface area contributed by atoms with Crippen LogP contribution in [-0.4, -0.2) is 21.0 Å². The molecule has 0 fully saturated rings. The van der Waals surface area contributed by atoms with Crippen LogP contribution in [0.1, 0.15) is 37.0 Å². The van der Waals surface area contributed by atoms with E-state index in [2.05, 4.69) is 13.8 Å². The molecule has 1 aromatic rings. The number of rotatable bonds is 6. The van der Waals surface area contributed by atoms with Crippen molar-refractivity contribution in [1.82, 2.24) is 0 Å². The molecule has 112 valence electrons. The average Bonchev–Trinajstić information content (AvgIpc) is 2.33. The van der Waals surface area contributed by atoms with E-state index in [9.17, 15) is 13.2 Å².